The number of nitrogens with zero attached hydrogens (tertiary/aromatic N) is 2. The molecule has 8 heteroatoms. The molecule has 1 aromatic carbocycles. The molecule has 0 saturated carbocycles. The standard InChI is InChI=1S/C11H11FN4O2S/c12-9-4-1-5-10(11(9)13)19(17,18)15-7-8-3-2-6-14-16-8/h1-6,15H,7,13H2. The average molecular weight is 282 g/mol. The van der Waals surface area contributed by atoms with Gasteiger partial charge in [-0.05, 0) is 24.3 Å². The first-order valence-electron chi connectivity index (χ1n) is 5.31. The predicted molar refractivity (Wildman–Crippen MR) is 66.9 cm³/mol. The predicted octanol–water partition coefficient (Wildman–Crippen LogP) is 0.676. The van der Waals surface area contributed by atoms with Crippen molar-refractivity contribution in [3.8, 4) is 0 Å². The minimum absolute atomic E-state index is 0.0495. The summed E-state index contributed by atoms with van der Waals surface area (Å²) in [5.41, 5.74) is 5.45. The molecule has 2 aromatic rings. The van der Waals surface area contributed by atoms with Crippen LogP contribution in [0.2, 0.25) is 0 Å². The van der Waals surface area contributed by atoms with Crippen LogP contribution in [0.3, 0.4) is 0 Å². The normalized spacial score (nSPS) is 11.4. The molecule has 0 atom stereocenters. The van der Waals surface area contributed by atoms with E-state index in [4.69, 9.17) is 5.73 Å². The molecule has 0 aliphatic heterocycles. The summed E-state index contributed by atoms with van der Waals surface area (Å²) in [6.07, 6.45) is 1.47. The quantitative estimate of drug-likeness (QED) is 0.803. The molecule has 0 aliphatic rings. The summed E-state index contributed by atoms with van der Waals surface area (Å²) in [6, 6.07) is 6.86. The van der Waals surface area contributed by atoms with Crippen molar-refractivity contribution in [3.05, 3.63) is 48.0 Å². The number of halogens is 1. The highest BCUT2D eigenvalue weighted by Gasteiger charge is 2.19. The van der Waals surface area contributed by atoms with Crippen molar-refractivity contribution in [1.29, 1.82) is 0 Å². The van der Waals surface area contributed by atoms with E-state index in [1.165, 1.54) is 18.3 Å². The van der Waals surface area contributed by atoms with E-state index in [0.29, 0.717) is 5.69 Å². The molecule has 0 amide bonds. The van der Waals surface area contributed by atoms with Gasteiger partial charge in [0.15, 0.2) is 0 Å². The lowest BCUT2D eigenvalue weighted by Gasteiger charge is -2.08. The van der Waals surface area contributed by atoms with E-state index in [1.807, 2.05) is 0 Å². The van der Waals surface area contributed by atoms with Gasteiger partial charge in [0.2, 0.25) is 10.0 Å². The zero-order valence-corrected chi connectivity index (χ0v) is 10.6. The number of aromatic nitrogens is 2. The topological polar surface area (TPSA) is 98.0 Å². The van der Waals surface area contributed by atoms with Crippen molar-refractivity contribution < 1.29 is 12.8 Å². The Morgan fingerprint density at radius 1 is 1.26 bits per heavy atom. The summed E-state index contributed by atoms with van der Waals surface area (Å²) in [5, 5.41) is 7.35. The maximum atomic E-state index is 13.2. The van der Waals surface area contributed by atoms with Crippen molar-refractivity contribution in [3.63, 3.8) is 0 Å². The number of anilines is 1. The van der Waals surface area contributed by atoms with E-state index in [9.17, 15) is 12.8 Å². The molecule has 0 fully saturated rings. The van der Waals surface area contributed by atoms with E-state index in [0.717, 1.165) is 6.07 Å². The Morgan fingerprint density at radius 2 is 2.05 bits per heavy atom. The first-order valence-corrected chi connectivity index (χ1v) is 6.79. The van der Waals surface area contributed by atoms with Crippen molar-refractivity contribution in [2.24, 2.45) is 0 Å². The van der Waals surface area contributed by atoms with Crippen LogP contribution in [0.1, 0.15) is 5.69 Å². The maximum Gasteiger partial charge on any atom is 0.243 e. The first-order chi connectivity index (χ1) is 9.00. The van der Waals surface area contributed by atoms with Gasteiger partial charge in [-0.15, -0.1) is 0 Å². The van der Waals surface area contributed by atoms with Crippen LogP contribution in [-0.4, -0.2) is 18.6 Å². The van der Waals surface area contributed by atoms with Crippen LogP contribution in [-0.2, 0) is 16.6 Å². The molecule has 0 radical (unpaired) electrons. The van der Waals surface area contributed by atoms with Crippen molar-refractivity contribution in [1.82, 2.24) is 14.9 Å². The van der Waals surface area contributed by atoms with E-state index < -0.39 is 21.5 Å². The molecule has 19 heavy (non-hydrogen) atoms. The number of sulfonamides is 1. The number of benzene rings is 1. The van der Waals surface area contributed by atoms with Gasteiger partial charge in [0, 0.05) is 6.20 Å². The van der Waals surface area contributed by atoms with Gasteiger partial charge in [0.05, 0.1) is 17.9 Å². The smallest absolute Gasteiger partial charge is 0.243 e. The third-order valence-corrected chi connectivity index (χ3v) is 3.83. The van der Waals surface area contributed by atoms with Gasteiger partial charge in [-0.3, -0.25) is 0 Å². The zero-order chi connectivity index (χ0) is 13.9. The van der Waals surface area contributed by atoms with Gasteiger partial charge in [-0.2, -0.15) is 10.2 Å². The van der Waals surface area contributed by atoms with Crippen molar-refractivity contribution >= 4 is 15.7 Å². The lowest BCUT2D eigenvalue weighted by atomic mass is 10.3. The van der Waals surface area contributed by atoms with Gasteiger partial charge < -0.3 is 5.73 Å². The van der Waals surface area contributed by atoms with Gasteiger partial charge in [-0.25, -0.2) is 17.5 Å². The van der Waals surface area contributed by atoms with E-state index in [1.54, 1.807) is 12.1 Å². The first kappa shape index (κ1) is 13.4. The molecule has 3 N–H and O–H groups in total. The third kappa shape index (κ3) is 3.04. The van der Waals surface area contributed by atoms with E-state index in [-0.39, 0.29) is 11.4 Å². The number of nitrogens with two attached hydrogens (primary N) is 1. The van der Waals surface area contributed by atoms with Gasteiger partial charge in [-0.1, -0.05) is 6.07 Å². The minimum atomic E-state index is -3.89. The molecule has 6 nitrogen and oxygen atoms in total. The molecule has 0 spiro atoms. The average Bonchev–Trinajstić information content (AvgIpc) is 2.41. The summed E-state index contributed by atoms with van der Waals surface area (Å²) in [4.78, 5) is -0.295. The Bertz CT molecular complexity index is 676. The molecule has 0 bridgehead atoms. The number of hydrogen-bond donors (Lipinski definition) is 2. The van der Waals surface area contributed by atoms with Gasteiger partial charge in [0.1, 0.15) is 10.7 Å². The molecule has 0 saturated heterocycles. The van der Waals surface area contributed by atoms with E-state index >= 15 is 0 Å². The summed E-state index contributed by atoms with van der Waals surface area (Å²) in [5.74, 6) is -0.776. The second-order valence-corrected chi connectivity index (χ2v) is 5.43. The Balaban J connectivity index is 2.22. The lowest BCUT2D eigenvalue weighted by Crippen LogP contribution is -2.25. The van der Waals surface area contributed by atoms with Crippen molar-refractivity contribution in [2.75, 3.05) is 5.73 Å². The highest BCUT2D eigenvalue weighted by atomic mass is 32.2. The summed E-state index contributed by atoms with van der Waals surface area (Å²) < 4.78 is 39.5. The maximum absolute atomic E-state index is 13.2. The van der Waals surface area contributed by atoms with Crippen LogP contribution in [0.15, 0.2) is 41.4 Å². The van der Waals surface area contributed by atoms with Crippen molar-refractivity contribution in [2.45, 2.75) is 11.4 Å². The van der Waals surface area contributed by atoms with Gasteiger partial charge in [0.25, 0.3) is 0 Å². The third-order valence-electron chi connectivity index (χ3n) is 2.37. The number of nitrogens with one attached hydrogen (secondary N) is 1. The number of rotatable bonds is 4. The summed E-state index contributed by atoms with van der Waals surface area (Å²) >= 11 is 0. The van der Waals surface area contributed by atoms with E-state index in [2.05, 4.69) is 14.9 Å². The number of para-hydroxylation sites is 1. The van der Waals surface area contributed by atoms with Crippen LogP contribution in [0.4, 0.5) is 10.1 Å². The van der Waals surface area contributed by atoms with Crippen LogP contribution < -0.4 is 10.5 Å². The fourth-order valence-electron chi connectivity index (χ4n) is 1.43. The number of nitrogen functional groups attached to an aromatic ring is 1. The Morgan fingerprint density at radius 3 is 2.74 bits per heavy atom. The molecule has 2 rings (SSSR count). The van der Waals surface area contributed by atoms with Crippen LogP contribution in [0.25, 0.3) is 0 Å². The zero-order valence-electron chi connectivity index (χ0n) is 9.75. The van der Waals surface area contributed by atoms with Crippen LogP contribution in [0.5, 0.6) is 0 Å². The second-order valence-electron chi connectivity index (χ2n) is 3.69. The fraction of sp³-hybridized carbons (Fsp3) is 0.0909. The van der Waals surface area contributed by atoms with Gasteiger partial charge >= 0.3 is 0 Å². The Labute approximate surface area is 109 Å². The SMILES string of the molecule is Nc1c(F)cccc1S(=O)(=O)NCc1cccnn1. The van der Waals surface area contributed by atoms with Crippen LogP contribution >= 0.6 is 0 Å². The summed E-state index contributed by atoms with van der Waals surface area (Å²) in [7, 11) is -3.89. The molecule has 0 aliphatic carbocycles. The molecule has 1 aromatic heterocycles. The molecule has 100 valence electrons. The molecular formula is C11H11FN4O2S. The fourth-order valence-corrected chi connectivity index (χ4v) is 2.56. The highest BCUT2D eigenvalue weighted by Crippen LogP contribution is 2.20. The Hall–Kier alpha value is -2.06. The molecular weight excluding hydrogens is 271 g/mol. The largest absolute Gasteiger partial charge is 0.395 e. The highest BCUT2D eigenvalue weighted by molar-refractivity contribution is 7.89. The monoisotopic (exact) mass is 282 g/mol. The second kappa shape index (κ2) is 5.29. The summed E-state index contributed by atoms with van der Waals surface area (Å²) in [6.45, 7) is -0.0495. The Kier molecular flexibility index (Phi) is 3.72. The minimum Gasteiger partial charge on any atom is -0.395 e. The van der Waals surface area contributed by atoms with Crippen LogP contribution in [0, 0.1) is 5.82 Å². The molecule has 1 heterocycles. The molecule has 0 unspecified atom stereocenters. The number of hydrogen-bond acceptors (Lipinski definition) is 5. The lowest BCUT2D eigenvalue weighted by molar-refractivity contribution is 0.577.